The van der Waals surface area contributed by atoms with E-state index in [0.717, 1.165) is 52.6 Å². The topological polar surface area (TPSA) is 72.3 Å². The Kier molecular flexibility index (Phi) is 8.28. The van der Waals surface area contributed by atoms with Gasteiger partial charge >= 0.3 is 0 Å². The summed E-state index contributed by atoms with van der Waals surface area (Å²) < 4.78 is 20.8. The van der Waals surface area contributed by atoms with E-state index < -0.39 is 0 Å². The monoisotopic (exact) mass is 487 g/mol. The lowest BCUT2D eigenvalue weighted by atomic mass is 10.1. The summed E-state index contributed by atoms with van der Waals surface area (Å²) in [4.78, 5) is 17.4. The lowest BCUT2D eigenvalue weighted by Gasteiger charge is -2.24. The fourth-order valence-corrected chi connectivity index (χ4v) is 4.05. The van der Waals surface area contributed by atoms with Crippen molar-refractivity contribution in [3.05, 3.63) is 84.3 Å². The van der Waals surface area contributed by atoms with E-state index in [0.29, 0.717) is 26.0 Å². The molecule has 2 aromatic carbocycles. The second-order valence-electron chi connectivity index (χ2n) is 8.48. The molecule has 1 amide bonds. The van der Waals surface area contributed by atoms with Gasteiger partial charge in [0.25, 0.3) is 0 Å². The molecule has 36 heavy (non-hydrogen) atoms. The second-order valence-corrected chi connectivity index (χ2v) is 8.48. The zero-order chi connectivity index (χ0) is 25.3. The van der Waals surface area contributed by atoms with Gasteiger partial charge in [-0.3, -0.25) is 9.48 Å². The van der Waals surface area contributed by atoms with Crippen LogP contribution in [0.3, 0.4) is 0 Å². The molecular formula is C28H30FN5O2. The molecule has 8 heteroatoms. The highest BCUT2D eigenvalue weighted by Gasteiger charge is 2.14. The minimum Gasteiger partial charge on any atom is -0.497 e. The largest absolute Gasteiger partial charge is 0.497 e. The number of anilines is 1. The van der Waals surface area contributed by atoms with E-state index in [1.54, 1.807) is 25.4 Å². The van der Waals surface area contributed by atoms with E-state index >= 15 is 0 Å². The number of ether oxygens (including phenoxy) is 1. The van der Waals surface area contributed by atoms with Gasteiger partial charge in [0.05, 0.1) is 18.5 Å². The van der Waals surface area contributed by atoms with Crippen LogP contribution in [0.1, 0.15) is 12.0 Å². The molecule has 4 rings (SSSR count). The fraction of sp³-hybridized carbons (Fsp3) is 0.250. The standard InChI is InChI=1S/C28H30FN5O2/c1-21-12-13-31-28(18-21)33(17-14-30-20-35)15-3-16-34-27(23-4-8-24(29)9-5-23)19-26(32-34)22-6-10-25(36-2)11-7-22/h4-13,18-20H,3,14-17H2,1-2H3,(H,30,35). The van der Waals surface area contributed by atoms with Crippen LogP contribution >= 0.6 is 0 Å². The number of methoxy groups -OCH3 is 1. The highest BCUT2D eigenvalue weighted by Crippen LogP contribution is 2.28. The van der Waals surface area contributed by atoms with Crippen molar-refractivity contribution < 1.29 is 13.9 Å². The van der Waals surface area contributed by atoms with Gasteiger partial charge in [0.15, 0.2) is 0 Å². The lowest BCUT2D eigenvalue weighted by Crippen LogP contribution is -2.33. The highest BCUT2D eigenvalue weighted by molar-refractivity contribution is 5.69. The Morgan fingerprint density at radius 2 is 1.78 bits per heavy atom. The van der Waals surface area contributed by atoms with Crippen LogP contribution in [0, 0.1) is 12.7 Å². The molecule has 0 radical (unpaired) electrons. The quantitative estimate of drug-likeness (QED) is 0.231. The number of rotatable bonds is 12. The number of amides is 1. The van der Waals surface area contributed by atoms with E-state index in [9.17, 15) is 9.18 Å². The molecule has 4 aromatic rings. The predicted octanol–water partition coefficient (Wildman–Crippen LogP) is 4.71. The van der Waals surface area contributed by atoms with Crippen LogP contribution in [0.4, 0.5) is 10.2 Å². The molecule has 0 aliphatic heterocycles. The van der Waals surface area contributed by atoms with Gasteiger partial charge in [0, 0.05) is 43.5 Å². The smallest absolute Gasteiger partial charge is 0.207 e. The molecule has 0 aliphatic carbocycles. The molecule has 0 saturated carbocycles. The molecule has 0 saturated heterocycles. The average Bonchev–Trinajstić information content (AvgIpc) is 3.32. The average molecular weight is 488 g/mol. The number of hydrogen-bond donors (Lipinski definition) is 1. The first-order valence-corrected chi connectivity index (χ1v) is 11.9. The number of carbonyl (C=O) groups excluding carboxylic acids is 1. The van der Waals surface area contributed by atoms with Crippen LogP contribution in [-0.4, -0.2) is 47.9 Å². The number of nitrogens with one attached hydrogen (secondary N) is 1. The molecule has 2 heterocycles. The molecular weight excluding hydrogens is 457 g/mol. The number of aryl methyl sites for hydroxylation is 2. The molecule has 0 unspecified atom stereocenters. The van der Waals surface area contributed by atoms with Crippen molar-refractivity contribution in [1.29, 1.82) is 0 Å². The SMILES string of the molecule is COc1ccc(-c2cc(-c3ccc(F)cc3)n(CCCN(CCNC=O)c3cc(C)ccn3)n2)cc1. The zero-order valence-electron chi connectivity index (χ0n) is 20.5. The first-order valence-electron chi connectivity index (χ1n) is 11.9. The Bertz CT molecular complexity index is 1270. The van der Waals surface area contributed by atoms with Gasteiger partial charge in [-0.1, -0.05) is 0 Å². The summed E-state index contributed by atoms with van der Waals surface area (Å²) in [5.74, 6) is 1.39. The van der Waals surface area contributed by atoms with Crippen molar-refractivity contribution in [2.24, 2.45) is 0 Å². The summed E-state index contributed by atoms with van der Waals surface area (Å²) in [5.41, 5.74) is 4.76. The summed E-state index contributed by atoms with van der Waals surface area (Å²) in [6.45, 7) is 4.61. The van der Waals surface area contributed by atoms with Crippen LogP contribution in [0.25, 0.3) is 22.5 Å². The molecule has 2 aromatic heterocycles. The van der Waals surface area contributed by atoms with Gasteiger partial charge in [0.1, 0.15) is 17.4 Å². The zero-order valence-corrected chi connectivity index (χ0v) is 20.5. The van der Waals surface area contributed by atoms with E-state index in [4.69, 9.17) is 9.84 Å². The minimum atomic E-state index is -0.273. The number of nitrogens with zero attached hydrogens (tertiary/aromatic N) is 4. The van der Waals surface area contributed by atoms with Crippen LogP contribution in [-0.2, 0) is 11.3 Å². The summed E-state index contributed by atoms with van der Waals surface area (Å²) in [5, 5.41) is 7.61. The van der Waals surface area contributed by atoms with Crippen molar-refractivity contribution in [2.45, 2.75) is 19.9 Å². The number of halogens is 1. The van der Waals surface area contributed by atoms with Crippen LogP contribution in [0.2, 0.25) is 0 Å². The van der Waals surface area contributed by atoms with E-state index in [-0.39, 0.29) is 5.82 Å². The molecule has 186 valence electrons. The summed E-state index contributed by atoms with van der Waals surface area (Å²) >= 11 is 0. The maximum atomic E-state index is 13.6. The number of pyridine rings is 1. The summed E-state index contributed by atoms with van der Waals surface area (Å²) in [6.07, 6.45) is 3.31. The molecule has 1 N–H and O–H groups in total. The normalized spacial score (nSPS) is 10.8. The van der Waals surface area contributed by atoms with Gasteiger partial charge < -0.3 is 15.0 Å². The minimum absolute atomic E-state index is 0.273. The van der Waals surface area contributed by atoms with Crippen LogP contribution < -0.4 is 15.0 Å². The van der Waals surface area contributed by atoms with Crippen molar-refractivity contribution in [3.8, 4) is 28.3 Å². The van der Waals surface area contributed by atoms with Crippen molar-refractivity contribution in [2.75, 3.05) is 31.6 Å². The Labute approximate surface area is 210 Å². The number of aromatic nitrogens is 3. The Balaban J connectivity index is 1.56. The Morgan fingerprint density at radius 3 is 2.47 bits per heavy atom. The number of benzene rings is 2. The predicted molar refractivity (Wildman–Crippen MR) is 139 cm³/mol. The molecule has 0 aliphatic rings. The Morgan fingerprint density at radius 1 is 1.03 bits per heavy atom. The summed E-state index contributed by atoms with van der Waals surface area (Å²) in [6, 6.07) is 20.3. The maximum Gasteiger partial charge on any atom is 0.207 e. The molecule has 7 nitrogen and oxygen atoms in total. The van der Waals surface area contributed by atoms with Crippen molar-refractivity contribution in [3.63, 3.8) is 0 Å². The first kappa shape index (κ1) is 24.9. The van der Waals surface area contributed by atoms with Crippen molar-refractivity contribution >= 4 is 12.2 Å². The van der Waals surface area contributed by atoms with Crippen molar-refractivity contribution in [1.82, 2.24) is 20.1 Å². The third-order valence-corrected chi connectivity index (χ3v) is 5.94. The Hall–Kier alpha value is -4.20. The summed E-state index contributed by atoms with van der Waals surface area (Å²) in [7, 11) is 1.64. The van der Waals surface area contributed by atoms with Gasteiger partial charge in [0.2, 0.25) is 6.41 Å². The van der Waals surface area contributed by atoms with Gasteiger partial charge in [-0.25, -0.2) is 9.37 Å². The van der Waals surface area contributed by atoms with Crippen LogP contribution in [0.5, 0.6) is 5.75 Å². The molecule has 0 atom stereocenters. The number of hydrogen-bond acceptors (Lipinski definition) is 5. The van der Waals surface area contributed by atoms with E-state index in [1.807, 2.05) is 54.1 Å². The van der Waals surface area contributed by atoms with Gasteiger partial charge in [-0.2, -0.15) is 5.10 Å². The molecule has 0 bridgehead atoms. The van der Waals surface area contributed by atoms with Gasteiger partial charge in [-0.15, -0.1) is 0 Å². The third kappa shape index (κ3) is 6.27. The molecule has 0 fully saturated rings. The first-order chi connectivity index (χ1) is 17.6. The number of carbonyl (C=O) groups is 1. The lowest BCUT2D eigenvalue weighted by molar-refractivity contribution is -0.109. The fourth-order valence-electron chi connectivity index (χ4n) is 4.05. The third-order valence-electron chi connectivity index (χ3n) is 5.94. The molecule has 0 spiro atoms. The second kappa shape index (κ2) is 12.0. The maximum absolute atomic E-state index is 13.6. The van der Waals surface area contributed by atoms with E-state index in [2.05, 4.69) is 15.2 Å². The van der Waals surface area contributed by atoms with Crippen LogP contribution in [0.15, 0.2) is 72.9 Å². The highest BCUT2D eigenvalue weighted by atomic mass is 19.1. The van der Waals surface area contributed by atoms with E-state index in [1.165, 1.54) is 12.1 Å². The van der Waals surface area contributed by atoms with Gasteiger partial charge in [-0.05, 0) is 85.6 Å².